The van der Waals surface area contributed by atoms with E-state index in [0.29, 0.717) is 42.8 Å². The zero-order chi connectivity index (χ0) is 27.4. The van der Waals surface area contributed by atoms with E-state index in [1.165, 1.54) is 4.90 Å². The van der Waals surface area contributed by atoms with Crippen molar-refractivity contribution in [1.29, 1.82) is 0 Å². The van der Waals surface area contributed by atoms with E-state index < -0.39 is 74.7 Å². The van der Waals surface area contributed by atoms with E-state index >= 15 is 4.39 Å². The highest BCUT2D eigenvalue weighted by atomic mass is 19.4. The van der Waals surface area contributed by atoms with E-state index in [9.17, 15) is 41.0 Å². The van der Waals surface area contributed by atoms with Crippen LogP contribution in [0.25, 0.3) is 16.7 Å². The maximum atomic E-state index is 15.0. The van der Waals surface area contributed by atoms with Crippen molar-refractivity contribution in [3.8, 4) is 5.69 Å². The number of β-amino-alcohol motifs (C(OH)–C–C–N with tert-alkyl or cyclic N) is 1. The summed E-state index contributed by atoms with van der Waals surface area (Å²) < 4.78 is 98.5. The summed E-state index contributed by atoms with van der Waals surface area (Å²) in [5.41, 5.74) is -6.64. The van der Waals surface area contributed by atoms with Gasteiger partial charge in [0.15, 0.2) is 28.9 Å². The SMILES string of the molecule is CC(C)(NC(=O)c1cn(-c2c(F)cc(F)cc2F)c2nc(N3CC[C@H](O)C3)c(F)cc2c1=O)C(F)(F)F. The Bertz CT molecular complexity index is 1450. The number of hydrogen-bond acceptors (Lipinski definition) is 5. The lowest BCUT2D eigenvalue weighted by Crippen LogP contribution is -2.54. The third-order valence-corrected chi connectivity index (χ3v) is 5.98. The molecular formula is C23H19F7N4O3. The van der Waals surface area contributed by atoms with Crippen LogP contribution in [-0.4, -0.2) is 51.5 Å². The molecule has 7 nitrogen and oxygen atoms in total. The number of nitrogens with one attached hydrogen (secondary N) is 1. The number of aromatic nitrogens is 2. The van der Waals surface area contributed by atoms with E-state index in [4.69, 9.17) is 0 Å². The van der Waals surface area contributed by atoms with Gasteiger partial charge in [-0.1, -0.05) is 0 Å². The van der Waals surface area contributed by atoms with Crippen molar-refractivity contribution in [2.24, 2.45) is 0 Å². The second-order valence-corrected chi connectivity index (χ2v) is 9.09. The number of carbonyl (C=O) groups excluding carboxylic acids is 1. The maximum Gasteiger partial charge on any atom is 0.410 e. The number of aliphatic hydroxyl groups is 1. The number of carbonyl (C=O) groups is 1. The second-order valence-electron chi connectivity index (χ2n) is 9.09. The normalized spacial score (nSPS) is 16.5. The van der Waals surface area contributed by atoms with E-state index in [2.05, 4.69) is 4.98 Å². The Labute approximate surface area is 204 Å². The lowest BCUT2D eigenvalue weighted by atomic mass is 10.0. The number of rotatable bonds is 4. The van der Waals surface area contributed by atoms with Crippen LogP contribution in [0.3, 0.4) is 0 Å². The molecule has 4 rings (SSSR count). The standard InChI is InChI=1S/C23H19F7N4O3/c1-22(2,23(28,29)30)32-21(37)13-9-34(17-14(25)5-10(24)6-15(17)26)19-12(18(13)36)7-16(27)20(31-19)33-4-3-11(35)8-33/h5-7,9,11,35H,3-4,8H2,1-2H3,(H,32,37)/t11-/m0/s1. The number of benzene rings is 1. The van der Waals surface area contributed by atoms with Gasteiger partial charge in [0.25, 0.3) is 5.91 Å². The van der Waals surface area contributed by atoms with Gasteiger partial charge >= 0.3 is 6.18 Å². The van der Waals surface area contributed by atoms with Gasteiger partial charge in [-0.3, -0.25) is 14.2 Å². The van der Waals surface area contributed by atoms with Crippen LogP contribution < -0.4 is 15.6 Å². The fourth-order valence-corrected chi connectivity index (χ4v) is 3.89. The predicted octanol–water partition coefficient (Wildman–Crippen LogP) is 3.58. The summed E-state index contributed by atoms with van der Waals surface area (Å²) in [6, 6.07) is 1.23. The van der Waals surface area contributed by atoms with E-state index in [1.54, 1.807) is 5.32 Å². The fraction of sp³-hybridized carbons (Fsp3) is 0.348. The minimum absolute atomic E-state index is 0.0358. The molecule has 1 aromatic carbocycles. The predicted molar refractivity (Wildman–Crippen MR) is 118 cm³/mol. The fourth-order valence-electron chi connectivity index (χ4n) is 3.89. The number of pyridine rings is 2. The lowest BCUT2D eigenvalue weighted by Gasteiger charge is -2.29. The molecule has 0 saturated carbocycles. The highest BCUT2D eigenvalue weighted by Crippen LogP contribution is 2.31. The van der Waals surface area contributed by atoms with Crippen LogP contribution >= 0.6 is 0 Å². The Kier molecular flexibility index (Phi) is 6.42. The largest absolute Gasteiger partial charge is 0.410 e. The monoisotopic (exact) mass is 532 g/mol. The van der Waals surface area contributed by atoms with Crippen molar-refractivity contribution < 1.29 is 40.6 Å². The van der Waals surface area contributed by atoms with Crippen LogP contribution in [0.2, 0.25) is 0 Å². The Hall–Kier alpha value is -3.68. The summed E-state index contributed by atoms with van der Waals surface area (Å²) in [7, 11) is 0. The molecule has 0 aliphatic carbocycles. The number of amides is 1. The average Bonchev–Trinajstić information content (AvgIpc) is 3.19. The summed E-state index contributed by atoms with van der Waals surface area (Å²) in [5.74, 6) is -7.30. The molecule has 3 heterocycles. The third kappa shape index (κ3) is 4.72. The number of alkyl halides is 3. The number of anilines is 1. The molecule has 14 heteroatoms. The number of fused-ring (bicyclic) bond motifs is 1. The van der Waals surface area contributed by atoms with Gasteiger partial charge in [0.05, 0.1) is 11.5 Å². The topological polar surface area (TPSA) is 87.5 Å². The molecule has 37 heavy (non-hydrogen) atoms. The highest BCUT2D eigenvalue weighted by Gasteiger charge is 2.48. The van der Waals surface area contributed by atoms with E-state index in [-0.39, 0.29) is 25.3 Å². The van der Waals surface area contributed by atoms with Crippen molar-refractivity contribution in [3.63, 3.8) is 0 Å². The molecule has 1 aliphatic heterocycles. The van der Waals surface area contributed by atoms with Gasteiger partial charge in [0, 0.05) is 31.4 Å². The van der Waals surface area contributed by atoms with Crippen LogP contribution in [0.15, 0.2) is 29.2 Å². The first kappa shape index (κ1) is 26.4. The summed E-state index contributed by atoms with van der Waals surface area (Å²) >= 11 is 0. The van der Waals surface area contributed by atoms with Gasteiger partial charge in [0.2, 0.25) is 5.43 Å². The molecule has 0 radical (unpaired) electrons. The van der Waals surface area contributed by atoms with E-state index in [1.807, 2.05) is 0 Å². The molecular weight excluding hydrogens is 513 g/mol. The molecule has 0 bridgehead atoms. The summed E-state index contributed by atoms with van der Waals surface area (Å²) in [6.45, 7) is 1.38. The number of hydrogen-bond donors (Lipinski definition) is 2. The first-order valence-electron chi connectivity index (χ1n) is 10.8. The average molecular weight is 532 g/mol. The van der Waals surface area contributed by atoms with Crippen LogP contribution in [0.4, 0.5) is 36.6 Å². The van der Waals surface area contributed by atoms with Gasteiger partial charge in [-0.2, -0.15) is 13.2 Å². The molecule has 1 amide bonds. The summed E-state index contributed by atoms with van der Waals surface area (Å²) in [6.07, 6.45) is -4.92. The molecule has 198 valence electrons. The Balaban J connectivity index is 2.01. The van der Waals surface area contributed by atoms with Crippen LogP contribution in [0, 0.1) is 23.3 Å². The summed E-state index contributed by atoms with van der Waals surface area (Å²) in [4.78, 5) is 31.2. The molecule has 1 fully saturated rings. The number of nitrogens with zero attached hydrogens (tertiary/aromatic N) is 3. The molecule has 1 atom stereocenters. The van der Waals surface area contributed by atoms with Gasteiger partial charge in [-0.05, 0) is 26.3 Å². The molecule has 1 aliphatic rings. The van der Waals surface area contributed by atoms with Crippen molar-refractivity contribution >= 4 is 22.8 Å². The van der Waals surface area contributed by atoms with Gasteiger partial charge in [-0.25, -0.2) is 22.5 Å². The third-order valence-electron chi connectivity index (χ3n) is 5.98. The Morgan fingerprint density at radius 1 is 1.08 bits per heavy atom. The zero-order valence-electron chi connectivity index (χ0n) is 19.3. The number of halogens is 7. The Morgan fingerprint density at radius 2 is 1.70 bits per heavy atom. The van der Waals surface area contributed by atoms with Crippen LogP contribution in [-0.2, 0) is 0 Å². The van der Waals surface area contributed by atoms with Crippen LogP contribution in [0.1, 0.15) is 30.6 Å². The minimum Gasteiger partial charge on any atom is -0.391 e. The number of aliphatic hydroxyl groups excluding tert-OH is 1. The molecule has 0 unspecified atom stereocenters. The van der Waals surface area contributed by atoms with Crippen molar-refractivity contribution in [2.75, 3.05) is 18.0 Å². The molecule has 1 saturated heterocycles. The van der Waals surface area contributed by atoms with Crippen molar-refractivity contribution in [2.45, 2.75) is 38.1 Å². The first-order valence-corrected chi connectivity index (χ1v) is 10.8. The smallest absolute Gasteiger partial charge is 0.391 e. The quantitative estimate of drug-likeness (QED) is 0.502. The molecule has 2 N–H and O–H groups in total. The maximum absolute atomic E-state index is 15.0. The van der Waals surface area contributed by atoms with Gasteiger partial charge in [-0.15, -0.1) is 0 Å². The van der Waals surface area contributed by atoms with Crippen molar-refractivity contribution in [3.05, 3.63) is 63.5 Å². The molecule has 0 spiro atoms. The lowest BCUT2D eigenvalue weighted by molar-refractivity contribution is -0.182. The summed E-state index contributed by atoms with van der Waals surface area (Å²) in [5, 5.41) is 10.7. The highest BCUT2D eigenvalue weighted by molar-refractivity contribution is 5.97. The Morgan fingerprint density at radius 3 is 2.24 bits per heavy atom. The molecule has 3 aromatic rings. The van der Waals surface area contributed by atoms with Crippen molar-refractivity contribution in [1.82, 2.24) is 14.9 Å². The van der Waals surface area contributed by atoms with Gasteiger partial charge < -0.3 is 15.3 Å². The first-order chi connectivity index (χ1) is 17.1. The minimum atomic E-state index is -4.93. The second kappa shape index (κ2) is 9.01. The zero-order valence-corrected chi connectivity index (χ0v) is 19.3. The van der Waals surface area contributed by atoms with E-state index in [0.717, 1.165) is 0 Å². The van der Waals surface area contributed by atoms with Gasteiger partial charge in [0.1, 0.15) is 22.6 Å². The van der Waals surface area contributed by atoms with Crippen LogP contribution in [0.5, 0.6) is 0 Å². The molecule has 2 aromatic heterocycles.